The highest BCUT2D eigenvalue weighted by atomic mass is 16.3. The summed E-state index contributed by atoms with van der Waals surface area (Å²) in [7, 11) is 0. The van der Waals surface area contributed by atoms with Crippen LogP contribution in [-0.2, 0) is 6.54 Å². The SMILES string of the molecule is NNC(=O)c1occc1CN1CCC2(CCCCC2)CC1. The molecule has 2 fully saturated rings. The van der Waals surface area contributed by atoms with E-state index in [0.29, 0.717) is 11.2 Å². The molecule has 1 aromatic rings. The minimum absolute atomic E-state index is 0.343. The Bertz CT molecular complexity index is 481. The molecule has 1 saturated heterocycles. The van der Waals surface area contributed by atoms with E-state index in [9.17, 15) is 4.79 Å². The number of hydrogen-bond acceptors (Lipinski definition) is 4. The average Bonchev–Trinajstić information content (AvgIpc) is 2.98. The number of carbonyl (C=O) groups excluding carboxylic acids is 1. The molecule has 0 unspecified atom stereocenters. The number of hydrogen-bond donors (Lipinski definition) is 2. The molecule has 1 amide bonds. The fourth-order valence-corrected chi connectivity index (χ4v) is 3.95. The van der Waals surface area contributed by atoms with Gasteiger partial charge in [-0.25, -0.2) is 5.84 Å². The smallest absolute Gasteiger partial charge is 0.301 e. The van der Waals surface area contributed by atoms with Crippen LogP contribution in [0.4, 0.5) is 0 Å². The zero-order chi connectivity index (χ0) is 14.7. The number of carbonyl (C=O) groups is 1. The number of nitrogen functional groups attached to an aromatic ring is 1. The van der Waals surface area contributed by atoms with Gasteiger partial charge >= 0.3 is 5.91 Å². The first-order valence-electron chi connectivity index (χ1n) is 8.02. The monoisotopic (exact) mass is 291 g/mol. The maximum Gasteiger partial charge on any atom is 0.301 e. The van der Waals surface area contributed by atoms with Gasteiger partial charge in [0.1, 0.15) is 0 Å². The fourth-order valence-electron chi connectivity index (χ4n) is 3.95. The predicted octanol–water partition coefficient (Wildman–Crippen LogP) is 2.43. The molecule has 21 heavy (non-hydrogen) atoms. The first-order chi connectivity index (χ1) is 10.2. The van der Waals surface area contributed by atoms with Crippen molar-refractivity contribution in [3.05, 3.63) is 23.7 Å². The maximum absolute atomic E-state index is 11.6. The van der Waals surface area contributed by atoms with Crippen molar-refractivity contribution in [2.45, 2.75) is 51.5 Å². The van der Waals surface area contributed by atoms with Gasteiger partial charge in [-0.1, -0.05) is 19.3 Å². The molecule has 116 valence electrons. The maximum atomic E-state index is 11.6. The molecule has 2 heterocycles. The van der Waals surface area contributed by atoms with Crippen molar-refractivity contribution in [3.8, 4) is 0 Å². The van der Waals surface area contributed by atoms with E-state index in [4.69, 9.17) is 10.3 Å². The van der Waals surface area contributed by atoms with Crippen molar-refractivity contribution in [2.24, 2.45) is 11.3 Å². The van der Waals surface area contributed by atoms with E-state index in [1.807, 2.05) is 6.07 Å². The first-order valence-corrected chi connectivity index (χ1v) is 8.02. The molecule has 5 heteroatoms. The second-order valence-corrected chi connectivity index (χ2v) is 6.59. The zero-order valence-electron chi connectivity index (χ0n) is 12.6. The molecular weight excluding hydrogens is 266 g/mol. The lowest BCUT2D eigenvalue weighted by Crippen LogP contribution is -2.41. The number of nitrogens with two attached hydrogens (primary N) is 1. The van der Waals surface area contributed by atoms with Crippen molar-refractivity contribution in [2.75, 3.05) is 13.1 Å². The Morgan fingerprint density at radius 2 is 1.95 bits per heavy atom. The molecule has 0 aromatic carbocycles. The topological polar surface area (TPSA) is 71.5 Å². The Hall–Kier alpha value is -1.33. The largest absolute Gasteiger partial charge is 0.459 e. The fraction of sp³-hybridized carbons (Fsp3) is 0.688. The number of nitrogens with one attached hydrogen (secondary N) is 1. The van der Waals surface area contributed by atoms with Crippen LogP contribution in [0.5, 0.6) is 0 Å². The highest BCUT2D eigenvalue weighted by Crippen LogP contribution is 2.44. The van der Waals surface area contributed by atoms with Crippen LogP contribution in [0.25, 0.3) is 0 Å². The molecule has 1 aliphatic heterocycles. The Morgan fingerprint density at radius 1 is 1.24 bits per heavy atom. The molecule has 1 spiro atoms. The molecule has 1 aliphatic carbocycles. The van der Waals surface area contributed by atoms with Gasteiger partial charge in [-0.15, -0.1) is 0 Å². The zero-order valence-corrected chi connectivity index (χ0v) is 12.6. The van der Waals surface area contributed by atoms with E-state index in [2.05, 4.69) is 10.3 Å². The average molecular weight is 291 g/mol. The summed E-state index contributed by atoms with van der Waals surface area (Å²) in [5.74, 6) is 5.18. The van der Waals surface area contributed by atoms with E-state index in [0.717, 1.165) is 25.2 Å². The number of likely N-dealkylation sites (tertiary alicyclic amines) is 1. The van der Waals surface area contributed by atoms with Gasteiger partial charge < -0.3 is 4.42 Å². The molecular formula is C16H25N3O2. The molecule has 2 aliphatic rings. The van der Waals surface area contributed by atoms with Crippen LogP contribution in [0.15, 0.2) is 16.7 Å². The van der Waals surface area contributed by atoms with E-state index in [1.165, 1.54) is 44.9 Å². The second kappa shape index (κ2) is 6.20. The standard InChI is InChI=1S/C16H25N3O2/c17-18-15(20)14-13(4-11-21-14)12-19-9-7-16(8-10-19)5-2-1-3-6-16/h4,11H,1-3,5-10,12,17H2,(H,18,20). The lowest BCUT2D eigenvalue weighted by atomic mass is 9.68. The van der Waals surface area contributed by atoms with Crippen molar-refractivity contribution in [3.63, 3.8) is 0 Å². The van der Waals surface area contributed by atoms with Crippen LogP contribution in [0.1, 0.15) is 61.1 Å². The third-order valence-corrected chi connectivity index (χ3v) is 5.31. The Kier molecular flexibility index (Phi) is 4.31. The van der Waals surface area contributed by atoms with Crippen LogP contribution in [0.3, 0.4) is 0 Å². The summed E-state index contributed by atoms with van der Waals surface area (Å²) in [6.45, 7) is 3.01. The molecule has 0 atom stereocenters. The summed E-state index contributed by atoms with van der Waals surface area (Å²) in [6.07, 6.45) is 11.2. The van der Waals surface area contributed by atoms with Crippen molar-refractivity contribution >= 4 is 5.91 Å². The van der Waals surface area contributed by atoms with Crippen molar-refractivity contribution in [1.29, 1.82) is 0 Å². The summed E-state index contributed by atoms with van der Waals surface area (Å²) >= 11 is 0. The quantitative estimate of drug-likeness (QED) is 0.510. The summed E-state index contributed by atoms with van der Waals surface area (Å²) < 4.78 is 5.25. The summed E-state index contributed by atoms with van der Waals surface area (Å²) in [5, 5.41) is 0. The van der Waals surface area contributed by atoms with Crippen LogP contribution < -0.4 is 11.3 Å². The Labute approximate surface area is 125 Å². The summed E-state index contributed by atoms with van der Waals surface area (Å²) in [6, 6.07) is 1.87. The van der Waals surface area contributed by atoms with Crippen LogP contribution in [0, 0.1) is 5.41 Å². The number of amides is 1. The third kappa shape index (κ3) is 3.14. The van der Waals surface area contributed by atoms with Crippen molar-refractivity contribution < 1.29 is 9.21 Å². The third-order valence-electron chi connectivity index (χ3n) is 5.31. The van der Waals surface area contributed by atoms with Gasteiger partial charge in [0, 0.05) is 12.1 Å². The normalized spacial score (nSPS) is 22.3. The molecule has 1 saturated carbocycles. The Morgan fingerprint density at radius 3 is 2.62 bits per heavy atom. The number of hydrazine groups is 1. The van der Waals surface area contributed by atoms with E-state index in [1.54, 1.807) is 6.26 Å². The van der Waals surface area contributed by atoms with Gasteiger partial charge in [0.2, 0.25) is 0 Å². The number of furan rings is 1. The van der Waals surface area contributed by atoms with Crippen LogP contribution in [-0.4, -0.2) is 23.9 Å². The first kappa shape index (κ1) is 14.6. The molecule has 5 nitrogen and oxygen atoms in total. The number of rotatable bonds is 3. The highest BCUT2D eigenvalue weighted by molar-refractivity contribution is 5.92. The van der Waals surface area contributed by atoms with Gasteiger partial charge in [0.15, 0.2) is 5.76 Å². The minimum atomic E-state index is -0.351. The van der Waals surface area contributed by atoms with Gasteiger partial charge in [0.05, 0.1) is 6.26 Å². The van der Waals surface area contributed by atoms with Crippen molar-refractivity contribution in [1.82, 2.24) is 10.3 Å². The van der Waals surface area contributed by atoms with Gasteiger partial charge in [-0.05, 0) is 50.3 Å². The van der Waals surface area contributed by atoms with Gasteiger partial charge in [-0.3, -0.25) is 15.1 Å². The van der Waals surface area contributed by atoms with E-state index < -0.39 is 0 Å². The lowest BCUT2D eigenvalue weighted by molar-refractivity contribution is 0.0636. The van der Waals surface area contributed by atoms with E-state index in [-0.39, 0.29) is 5.91 Å². The molecule has 0 bridgehead atoms. The Balaban J connectivity index is 1.58. The van der Waals surface area contributed by atoms with E-state index >= 15 is 0 Å². The molecule has 0 radical (unpaired) electrons. The van der Waals surface area contributed by atoms with Gasteiger partial charge in [-0.2, -0.15) is 0 Å². The lowest BCUT2D eigenvalue weighted by Gasteiger charge is -2.44. The predicted molar refractivity (Wildman–Crippen MR) is 80.4 cm³/mol. The molecule has 3 N–H and O–H groups in total. The summed E-state index contributed by atoms with van der Waals surface area (Å²) in [4.78, 5) is 14.1. The number of nitrogens with zero attached hydrogens (tertiary/aromatic N) is 1. The minimum Gasteiger partial charge on any atom is -0.459 e. The highest BCUT2D eigenvalue weighted by Gasteiger charge is 2.35. The van der Waals surface area contributed by atoms with Crippen LogP contribution in [0.2, 0.25) is 0 Å². The van der Waals surface area contributed by atoms with Gasteiger partial charge in [0.25, 0.3) is 0 Å². The van der Waals surface area contributed by atoms with Crippen LogP contribution >= 0.6 is 0 Å². The molecule has 3 rings (SSSR count). The second-order valence-electron chi connectivity index (χ2n) is 6.59. The summed E-state index contributed by atoms with van der Waals surface area (Å²) in [5.41, 5.74) is 3.68. The number of piperidine rings is 1. The molecule has 1 aromatic heterocycles.